The molecular weight excluding hydrogens is 158 g/mol. The molecule has 0 aromatic carbocycles. The molecule has 0 spiro atoms. The first kappa shape index (κ1) is 8.86. The molecule has 2 rings (SSSR count). The van der Waals surface area contributed by atoms with E-state index in [1.807, 2.05) is 0 Å². The second-order valence-corrected chi connectivity index (χ2v) is 4.13. The third kappa shape index (κ3) is 2.61. The van der Waals surface area contributed by atoms with E-state index in [1.165, 1.54) is 62.8 Å². The Morgan fingerprint density at radius 1 is 0.692 bits per heavy atom. The van der Waals surface area contributed by atoms with Crippen molar-refractivity contribution in [1.29, 1.82) is 0 Å². The van der Waals surface area contributed by atoms with Crippen LogP contribution in [0.3, 0.4) is 0 Å². The highest BCUT2D eigenvalue weighted by atomic mass is 14.7. The van der Waals surface area contributed by atoms with Gasteiger partial charge in [0.05, 0.1) is 0 Å². The second-order valence-electron chi connectivity index (χ2n) is 4.13. The minimum Gasteiger partial charge on any atom is -0.362 e. The molecule has 1 aliphatic rings. The summed E-state index contributed by atoms with van der Waals surface area (Å²) >= 11 is 0. The number of aromatic nitrogens is 1. The van der Waals surface area contributed by atoms with Gasteiger partial charge < -0.3 is 4.98 Å². The van der Waals surface area contributed by atoms with Gasteiger partial charge in [-0.15, -0.1) is 0 Å². The summed E-state index contributed by atoms with van der Waals surface area (Å²) in [5, 5.41) is 0. The summed E-state index contributed by atoms with van der Waals surface area (Å²) in [6.45, 7) is 0. The van der Waals surface area contributed by atoms with E-state index in [4.69, 9.17) is 0 Å². The molecule has 1 heteroatoms. The first-order valence-corrected chi connectivity index (χ1v) is 5.62. The van der Waals surface area contributed by atoms with Crippen LogP contribution >= 0.6 is 0 Å². The molecule has 0 atom stereocenters. The van der Waals surface area contributed by atoms with Crippen molar-refractivity contribution in [2.45, 2.75) is 51.4 Å². The molecule has 1 aromatic rings. The molecule has 2 bridgehead atoms. The van der Waals surface area contributed by atoms with Crippen molar-refractivity contribution in [3.05, 3.63) is 23.5 Å². The van der Waals surface area contributed by atoms with Crippen LogP contribution < -0.4 is 0 Å². The van der Waals surface area contributed by atoms with Crippen LogP contribution in [0.25, 0.3) is 0 Å². The predicted molar refractivity (Wildman–Crippen MR) is 55.9 cm³/mol. The third-order valence-corrected chi connectivity index (χ3v) is 2.95. The minimum absolute atomic E-state index is 1.25. The Morgan fingerprint density at radius 3 is 1.69 bits per heavy atom. The monoisotopic (exact) mass is 177 g/mol. The summed E-state index contributed by atoms with van der Waals surface area (Å²) in [6, 6.07) is 4.52. The fourth-order valence-corrected chi connectivity index (χ4v) is 2.12. The van der Waals surface area contributed by atoms with Crippen molar-refractivity contribution in [3.63, 3.8) is 0 Å². The summed E-state index contributed by atoms with van der Waals surface area (Å²) in [7, 11) is 0. The van der Waals surface area contributed by atoms with Crippen LogP contribution in [0.15, 0.2) is 12.1 Å². The summed E-state index contributed by atoms with van der Waals surface area (Å²) < 4.78 is 0. The Morgan fingerprint density at radius 2 is 1.15 bits per heavy atom. The van der Waals surface area contributed by atoms with Crippen LogP contribution in [0.2, 0.25) is 0 Å². The molecule has 2 heterocycles. The number of rotatable bonds is 0. The first-order valence-electron chi connectivity index (χ1n) is 5.62. The lowest BCUT2D eigenvalue weighted by molar-refractivity contribution is 0.597. The van der Waals surface area contributed by atoms with Crippen molar-refractivity contribution < 1.29 is 0 Å². The quantitative estimate of drug-likeness (QED) is 0.624. The standard InChI is InChI=1S/C12H19N/c1-2-4-6-8-12-10-9-11(13-12)7-5-3-1/h9-10,13H,1-8H2. The Balaban J connectivity index is 1.99. The van der Waals surface area contributed by atoms with Gasteiger partial charge in [-0.25, -0.2) is 0 Å². The lowest BCUT2D eigenvalue weighted by Crippen LogP contribution is -1.87. The Bertz CT molecular complexity index is 225. The molecule has 1 N–H and O–H groups in total. The van der Waals surface area contributed by atoms with E-state index in [0.717, 1.165) is 0 Å². The number of aromatic amines is 1. The minimum atomic E-state index is 1.25. The van der Waals surface area contributed by atoms with Crippen LogP contribution in [0.1, 0.15) is 49.9 Å². The molecule has 72 valence electrons. The lowest BCUT2D eigenvalue weighted by atomic mass is 10.1. The lowest BCUT2D eigenvalue weighted by Gasteiger charge is -1.99. The molecule has 0 unspecified atom stereocenters. The van der Waals surface area contributed by atoms with E-state index in [1.54, 1.807) is 0 Å². The van der Waals surface area contributed by atoms with Gasteiger partial charge in [-0.1, -0.05) is 25.7 Å². The summed E-state index contributed by atoms with van der Waals surface area (Å²) in [5.41, 5.74) is 2.88. The molecule has 0 saturated heterocycles. The molecule has 0 aliphatic carbocycles. The van der Waals surface area contributed by atoms with Gasteiger partial charge in [-0.05, 0) is 37.8 Å². The Hall–Kier alpha value is -0.720. The van der Waals surface area contributed by atoms with Gasteiger partial charge in [0.25, 0.3) is 0 Å². The van der Waals surface area contributed by atoms with Crippen molar-refractivity contribution in [2.75, 3.05) is 0 Å². The SMILES string of the molecule is c1cc2[nH]c1CCCCCCCC2. The van der Waals surface area contributed by atoms with Crippen LogP contribution in [0.4, 0.5) is 0 Å². The average Bonchev–Trinajstić information content (AvgIpc) is 2.52. The molecule has 1 aromatic heterocycles. The molecule has 0 radical (unpaired) electrons. The van der Waals surface area contributed by atoms with Crippen molar-refractivity contribution in [2.24, 2.45) is 0 Å². The Labute approximate surface area is 80.6 Å². The maximum absolute atomic E-state index is 3.51. The van der Waals surface area contributed by atoms with E-state index in [-0.39, 0.29) is 0 Å². The highest BCUT2D eigenvalue weighted by molar-refractivity contribution is 5.13. The molecular formula is C12H19N. The summed E-state index contributed by atoms with van der Waals surface area (Å²) in [4.78, 5) is 3.51. The van der Waals surface area contributed by atoms with Gasteiger partial charge in [0.1, 0.15) is 0 Å². The van der Waals surface area contributed by atoms with Gasteiger partial charge in [-0.2, -0.15) is 0 Å². The van der Waals surface area contributed by atoms with E-state index in [2.05, 4.69) is 17.1 Å². The number of hydrogen-bond acceptors (Lipinski definition) is 0. The zero-order valence-corrected chi connectivity index (χ0v) is 8.31. The van der Waals surface area contributed by atoms with Gasteiger partial charge in [0.2, 0.25) is 0 Å². The number of H-pyrrole nitrogens is 1. The normalized spacial score (nSPS) is 19.4. The topological polar surface area (TPSA) is 15.8 Å². The fourth-order valence-electron chi connectivity index (χ4n) is 2.12. The van der Waals surface area contributed by atoms with E-state index in [9.17, 15) is 0 Å². The fraction of sp³-hybridized carbons (Fsp3) is 0.667. The van der Waals surface area contributed by atoms with Crippen LogP contribution in [-0.2, 0) is 12.8 Å². The molecule has 0 fully saturated rings. The number of aryl methyl sites for hydroxylation is 2. The zero-order valence-electron chi connectivity index (χ0n) is 8.31. The average molecular weight is 177 g/mol. The molecule has 0 saturated carbocycles. The van der Waals surface area contributed by atoms with Crippen molar-refractivity contribution in [1.82, 2.24) is 4.98 Å². The maximum Gasteiger partial charge on any atom is 0.0149 e. The molecule has 1 aliphatic heterocycles. The molecule has 0 amide bonds. The first-order chi connectivity index (χ1) is 6.45. The highest BCUT2D eigenvalue weighted by Crippen LogP contribution is 2.14. The van der Waals surface area contributed by atoms with Gasteiger partial charge >= 0.3 is 0 Å². The third-order valence-electron chi connectivity index (χ3n) is 2.95. The van der Waals surface area contributed by atoms with Crippen LogP contribution in [0.5, 0.6) is 0 Å². The predicted octanol–water partition coefficient (Wildman–Crippen LogP) is 3.45. The second kappa shape index (κ2) is 4.50. The summed E-state index contributed by atoms with van der Waals surface area (Å²) in [5.74, 6) is 0. The smallest absolute Gasteiger partial charge is 0.0149 e. The number of hydrogen-bond donors (Lipinski definition) is 1. The van der Waals surface area contributed by atoms with Gasteiger partial charge in [0.15, 0.2) is 0 Å². The van der Waals surface area contributed by atoms with Crippen LogP contribution in [0, 0.1) is 0 Å². The highest BCUT2D eigenvalue weighted by Gasteiger charge is 2.01. The number of nitrogens with one attached hydrogen (secondary N) is 1. The Kier molecular flexibility index (Phi) is 3.07. The maximum atomic E-state index is 3.51. The largest absolute Gasteiger partial charge is 0.362 e. The molecule has 13 heavy (non-hydrogen) atoms. The zero-order chi connectivity index (χ0) is 8.93. The number of fused-ring (bicyclic) bond motifs is 2. The van der Waals surface area contributed by atoms with E-state index >= 15 is 0 Å². The van der Waals surface area contributed by atoms with E-state index < -0.39 is 0 Å². The van der Waals surface area contributed by atoms with Gasteiger partial charge in [-0.3, -0.25) is 0 Å². The molecule has 1 nitrogen and oxygen atoms in total. The van der Waals surface area contributed by atoms with E-state index in [0.29, 0.717) is 0 Å². The van der Waals surface area contributed by atoms with Crippen molar-refractivity contribution in [3.8, 4) is 0 Å². The van der Waals surface area contributed by atoms with Gasteiger partial charge in [0, 0.05) is 11.4 Å². The summed E-state index contributed by atoms with van der Waals surface area (Å²) in [6.07, 6.45) is 10.9. The van der Waals surface area contributed by atoms with Crippen molar-refractivity contribution >= 4 is 0 Å². The van der Waals surface area contributed by atoms with Crippen LogP contribution in [-0.4, -0.2) is 4.98 Å².